The van der Waals surface area contributed by atoms with Crippen molar-refractivity contribution in [1.29, 1.82) is 0 Å². The van der Waals surface area contributed by atoms with Gasteiger partial charge < -0.3 is 13.9 Å². The second kappa shape index (κ2) is 6.75. The summed E-state index contributed by atoms with van der Waals surface area (Å²) >= 11 is 0. The van der Waals surface area contributed by atoms with Gasteiger partial charge in [-0.15, -0.1) is 0 Å². The number of alkyl halides is 3. The minimum absolute atomic E-state index is 0.107. The maximum Gasteiger partial charge on any atom is 0.523 e. The maximum absolute atomic E-state index is 12.4. The molecule has 0 bridgehead atoms. The highest BCUT2D eigenvalue weighted by molar-refractivity contribution is 7.87. The average molecular weight is 406 g/mol. The van der Waals surface area contributed by atoms with E-state index in [1.807, 2.05) is 33.9 Å². The molecule has 0 amide bonds. The van der Waals surface area contributed by atoms with Gasteiger partial charge in [0.2, 0.25) is 0 Å². The van der Waals surface area contributed by atoms with Gasteiger partial charge in [0, 0.05) is 6.42 Å². The van der Waals surface area contributed by atoms with Crippen molar-refractivity contribution < 1.29 is 39.7 Å². The smallest absolute Gasteiger partial charge is 0.411 e. The van der Waals surface area contributed by atoms with Crippen LogP contribution in [0.15, 0.2) is 0 Å². The van der Waals surface area contributed by atoms with Crippen molar-refractivity contribution >= 4 is 18.4 Å². The van der Waals surface area contributed by atoms with Gasteiger partial charge >= 0.3 is 15.6 Å². The summed E-state index contributed by atoms with van der Waals surface area (Å²) in [5, 5.41) is -0.107. The first kappa shape index (κ1) is 21.1. The Kier molecular flexibility index (Phi) is 5.70. The molecular formula is C14H25F3O6SSi. The molecule has 0 spiro atoms. The van der Waals surface area contributed by atoms with Gasteiger partial charge in [0.05, 0.1) is 25.4 Å². The highest BCUT2D eigenvalue weighted by atomic mass is 32.2. The van der Waals surface area contributed by atoms with Crippen LogP contribution in [0.25, 0.3) is 0 Å². The summed E-state index contributed by atoms with van der Waals surface area (Å²) in [6, 6.07) is 0. The summed E-state index contributed by atoms with van der Waals surface area (Å²) in [5.41, 5.74) is -5.46. The van der Waals surface area contributed by atoms with Gasteiger partial charge in [-0.1, -0.05) is 20.8 Å². The van der Waals surface area contributed by atoms with Gasteiger partial charge in [0.25, 0.3) is 0 Å². The second-order valence-electron chi connectivity index (χ2n) is 7.92. The van der Waals surface area contributed by atoms with E-state index in [0.717, 1.165) is 0 Å². The highest BCUT2D eigenvalue weighted by Crippen LogP contribution is 2.41. The molecule has 0 saturated carbocycles. The predicted octanol–water partition coefficient (Wildman–Crippen LogP) is 2.80. The largest absolute Gasteiger partial charge is 0.523 e. The molecule has 0 radical (unpaired) electrons. The number of epoxide rings is 1. The summed E-state index contributed by atoms with van der Waals surface area (Å²) in [6.45, 7) is 9.93. The van der Waals surface area contributed by atoms with Crippen LogP contribution in [0.5, 0.6) is 0 Å². The zero-order valence-electron chi connectivity index (χ0n) is 14.9. The van der Waals surface area contributed by atoms with Gasteiger partial charge in [0.1, 0.15) is 12.2 Å². The molecule has 2 aliphatic rings. The van der Waals surface area contributed by atoms with Crippen molar-refractivity contribution in [3.8, 4) is 0 Å². The molecule has 2 rings (SSSR count). The third kappa shape index (κ3) is 4.95. The summed E-state index contributed by atoms with van der Waals surface area (Å²) in [5.74, 6) is 0. The first-order valence-electron chi connectivity index (χ1n) is 8.05. The SMILES string of the molecule is CC(C)(C)[Si](C)(C)O[C@H]1C[C@H]([C@@H]2CO2)O[C@@H]1COS(=O)(=O)C(F)(F)F. The lowest BCUT2D eigenvalue weighted by molar-refractivity contribution is -0.0625. The van der Waals surface area contributed by atoms with Crippen LogP contribution in [-0.2, 0) is 28.2 Å². The summed E-state index contributed by atoms with van der Waals surface area (Å²) in [4.78, 5) is 0. The predicted molar refractivity (Wildman–Crippen MR) is 86.0 cm³/mol. The molecule has 0 aromatic rings. The first-order chi connectivity index (χ1) is 11.1. The van der Waals surface area contributed by atoms with Crippen LogP contribution in [-0.4, -0.2) is 59.9 Å². The zero-order chi connectivity index (χ0) is 19.3. The van der Waals surface area contributed by atoms with E-state index in [2.05, 4.69) is 4.18 Å². The van der Waals surface area contributed by atoms with Crippen molar-refractivity contribution in [3.63, 3.8) is 0 Å². The molecule has 2 aliphatic heterocycles. The van der Waals surface area contributed by atoms with E-state index >= 15 is 0 Å². The molecule has 148 valence electrons. The van der Waals surface area contributed by atoms with Gasteiger partial charge in [-0.2, -0.15) is 21.6 Å². The normalized spacial score (nSPS) is 31.4. The lowest BCUT2D eigenvalue weighted by Gasteiger charge is -2.39. The van der Waals surface area contributed by atoms with Crippen LogP contribution in [0.3, 0.4) is 0 Å². The molecule has 0 unspecified atom stereocenters. The molecular weight excluding hydrogens is 381 g/mol. The Labute approximate surface area is 147 Å². The Bertz CT molecular complexity index is 582. The van der Waals surface area contributed by atoms with Gasteiger partial charge in [-0.05, 0) is 18.1 Å². The van der Waals surface area contributed by atoms with E-state index in [9.17, 15) is 21.6 Å². The third-order valence-electron chi connectivity index (χ3n) is 4.93. The Morgan fingerprint density at radius 2 is 1.72 bits per heavy atom. The van der Waals surface area contributed by atoms with E-state index in [-0.39, 0.29) is 17.2 Å². The molecule has 0 aromatic carbocycles. The third-order valence-corrected chi connectivity index (χ3v) is 10.4. The fourth-order valence-corrected chi connectivity index (χ4v) is 4.11. The van der Waals surface area contributed by atoms with Crippen molar-refractivity contribution in [2.75, 3.05) is 13.2 Å². The highest BCUT2D eigenvalue weighted by Gasteiger charge is 2.51. The maximum atomic E-state index is 12.4. The molecule has 6 nitrogen and oxygen atoms in total. The van der Waals surface area contributed by atoms with Gasteiger partial charge in [0.15, 0.2) is 8.32 Å². The Balaban J connectivity index is 2.07. The Morgan fingerprint density at radius 1 is 1.16 bits per heavy atom. The van der Waals surface area contributed by atoms with Gasteiger partial charge in [-0.3, -0.25) is 4.18 Å². The van der Waals surface area contributed by atoms with E-state index in [1.165, 1.54) is 0 Å². The van der Waals surface area contributed by atoms with Crippen molar-refractivity contribution in [1.82, 2.24) is 0 Å². The summed E-state index contributed by atoms with van der Waals surface area (Å²) in [7, 11) is -7.87. The van der Waals surface area contributed by atoms with Gasteiger partial charge in [-0.25, -0.2) is 0 Å². The van der Waals surface area contributed by atoms with E-state index in [4.69, 9.17) is 13.9 Å². The fourth-order valence-electron chi connectivity index (χ4n) is 2.31. The molecule has 0 N–H and O–H groups in total. The number of hydrogen-bond acceptors (Lipinski definition) is 6. The average Bonchev–Trinajstić information content (AvgIpc) is 3.17. The molecule has 0 aliphatic carbocycles. The molecule has 2 heterocycles. The molecule has 4 atom stereocenters. The lowest BCUT2D eigenvalue weighted by Crippen LogP contribution is -2.47. The van der Waals surface area contributed by atoms with Crippen molar-refractivity contribution in [3.05, 3.63) is 0 Å². The molecule has 0 aromatic heterocycles. The number of ether oxygens (including phenoxy) is 2. The van der Waals surface area contributed by atoms with E-state index in [0.29, 0.717) is 13.0 Å². The molecule has 11 heteroatoms. The van der Waals surface area contributed by atoms with Crippen LogP contribution < -0.4 is 0 Å². The molecule has 2 saturated heterocycles. The van der Waals surface area contributed by atoms with E-state index < -0.39 is 42.8 Å². The van der Waals surface area contributed by atoms with Crippen LogP contribution in [0, 0.1) is 0 Å². The van der Waals surface area contributed by atoms with Crippen molar-refractivity contribution in [2.24, 2.45) is 0 Å². The summed E-state index contributed by atoms with van der Waals surface area (Å²) < 4.78 is 80.9. The topological polar surface area (TPSA) is 74.4 Å². The Morgan fingerprint density at radius 3 is 2.16 bits per heavy atom. The monoisotopic (exact) mass is 406 g/mol. The fraction of sp³-hybridized carbons (Fsp3) is 1.00. The number of hydrogen-bond donors (Lipinski definition) is 0. The quantitative estimate of drug-likeness (QED) is 0.292. The second-order valence-corrected chi connectivity index (χ2v) is 14.3. The Hall–Kier alpha value is -0.203. The standard InChI is InChI=1S/C14H25F3O6SSi/c1-13(2,3)25(4,5)23-10-6-9(11-7-20-11)22-12(10)8-21-24(18,19)14(15,16)17/h9-12H,6-8H2,1-5H3/t9-,10+,11+,12-/m1/s1. The number of rotatable bonds is 6. The lowest BCUT2D eigenvalue weighted by atomic mass is 10.1. The summed E-state index contributed by atoms with van der Waals surface area (Å²) in [6.07, 6.45) is -1.41. The minimum Gasteiger partial charge on any atom is -0.411 e. The molecule has 25 heavy (non-hydrogen) atoms. The van der Waals surface area contributed by atoms with Crippen LogP contribution in [0.4, 0.5) is 13.2 Å². The van der Waals surface area contributed by atoms with Crippen molar-refractivity contribution in [2.45, 2.75) is 75.2 Å². The molecule has 2 fully saturated rings. The zero-order valence-corrected chi connectivity index (χ0v) is 16.7. The van der Waals surface area contributed by atoms with Crippen LogP contribution >= 0.6 is 0 Å². The minimum atomic E-state index is -5.66. The number of halogens is 3. The van der Waals surface area contributed by atoms with E-state index in [1.54, 1.807) is 0 Å². The van der Waals surface area contributed by atoms with Crippen LogP contribution in [0.1, 0.15) is 27.2 Å². The van der Waals surface area contributed by atoms with Crippen LogP contribution in [0.2, 0.25) is 18.1 Å². The first-order valence-corrected chi connectivity index (χ1v) is 12.4.